The number of nitrogens with zero attached hydrogens (tertiary/aromatic N) is 2. The monoisotopic (exact) mass is 393 g/mol. The maximum atomic E-state index is 13.1. The quantitative estimate of drug-likeness (QED) is 0.622. The van der Waals surface area contributed by atoms with Crippen LogP contribution < -0.4 is 15.8 Å². The number of hydrogen-bond acceptors (Lipinski definition) is 4. The molecule has 1 aromatic carbocycles. The lowest BCUT2D eigenvalue weighted by Gasteiger charge is -2.23. The molecule has 1 aliphatic heterocycles. The van der Waals surface area contributed by atoms with Crippen molar-refractivity contribution in [2.45, 2.75) is 6.54 Å². The van der Waals surface area contributed by atoms with E-state index in [4.69, 9.17) is 4.74 Å². The van der Waals surface area contributed by atoms with Gasteiger partial charge in [0.1, 0.15) is 24.3 Å². The van der Waals surface area contributed by atoms with Crippen molar-refractivity contribution in [3.05, 3.63) is 76.2 Å². The fourth-order valence-electron chi connectivity index (χ4n) is 3.64. The summed E-state index contributed by atoms with van der Waals surface area (Å²) in [4.78, 5) is 31.7. The Bertz CT molecular complexity index is 1040. The molecule has 1 fully saturated rings. The van der Waals surface area contributed by atoms with Gasteiger partial charge in [-0.25, -0.2) is 4.98 Å². The third-order valence-corrected chi connectivity index (χ3v) is 5.24. The maximum Gasteiger partial charge on any atom is 0.265 e. The van der Waals surface area contributed by atoms with E-state index in [0.29, 0.717) is 18.7 Å². The van der Waals surface area contributed by atoms with Crippen LogP contribution in [0.2, 0.25) is 0 Å². The summed E-state index contributed by atoms with van der Waals surface area (Å²) in [6.07, 6.45) is 1.66. The average Bonchev–Trinajstić information content (AvgIpc) is 2.77. The van der Waals surface area contributed by atoms with Crippen molar-refractivity contribution in [2.24, 2.45) is 0 Å². The van der Waals surface area contributed by atoms with Crippen LogP contribution in [-0.2, 0) is 11.3 Å². The van der Waals surface area contributed by atoms with Gasteiger partial charge in [-0.15, -0.1) is 0 Å². The number of fused-ring (bicyclic) bond motifs is 1. The van der Waals surface area contributed by atoms with Crippen LogP contribution in [0.5, 0.6) is 0 Å². The molecule has 1 saturated heterocycles. The van der Waals surface area contributed by atoms with Gasteiger partial charge in [0.15, 0.2) is 0 Å². The van der Waals surface area contributed by atoms with Crippen LogP contribution in [0.3, 0.4) is 0 Å². The van der Waals surface area contributed by atoms with E-state index in [1.54, 1.807) is 16.8 Å². The molecule has 0 saturated carbocycles. The van der Waals surface area contributed by atoms with E-state index in [2.05, 4.69) is 10.3 Å². The molecule has 7 nitrogen and oxygen atoms in total. The van der Waals surface area contributed by atoms with Crippen molar-refractivity contribution in [2.75, 3.05) is 39.4 Å². The molecular formula is C22H25N4O3+. The van der Waals surface area contributed by atoms with Gasteiger partial charge in [-0.2, -0.15) is 0 Å². The maximum absolute atomic E-state index is 13.1. The van der Waals surface area contributed by atoms with Crippen LogP contribution in [0, 0.1) is 0 Å². The van der Waals surface area contributed by atoms with Crippen LogP contribution >= 0.6 is 0 Å². The molecule has 0 atom stereocenters. The third kappa shape index (κ3) is 4.52. The zero-order valence-corrected chi connectivity index (χ0v) is 16.3. The number of morpholine rings is 1. The molecule has 0 unspecified atom stereocenters. The zero-order chi connectivity index (χ0) is 20.1. The van der Waals surface area contributed by atoms with Crippen molar-refractivity contribution in [1.82, 2.24) is 14.9 Å². The topological polar surface area (TPSA) is 77.7 Å². The van der Waals surface area contributed by atoms with E-state index >= 15 is 0 Å². The summed E-state index contributed by atoms with van der Waals surface area (Å²) in [6.45, 7) is 5.12. The second-order valence-electron chi connectivity index (χ2n) is 7.22. The smallest absolute Gasteiger partial charge is 0.265 e. The highest BCUT2D eigenvalue weighted by molar-refractivity contribution is 5.96. The first-order chi connectivity index (χ1) is 14.2. The normalized spacial score (nSPS) is 14.8. The number of carbonyl (C=O) groups is 1. The molecule has 7 heteroatoms. The summed E-state index contributed by atoms with van der Waals surface area (Å²) >= 11 is 0. The van der Waals surface area contributed by atoms with Gasteiger partial charge >= 0.3 is 0 Å². The van der Waals surface area contributed by atoms with Gasteiger partial charge in [0.2, 0.25) is 0 Å². The number of aromatic nitrogens is 2. The Labute approximate surface area is 168 Å². The van der Waals surface area contributed by atoms with Gasteiger partial charge in [-0.3, -0.25) is 14.2 Å². The molecule has 0 bridgehead atoms. The molecule has 2 aromatic heterocycles. The average molecular weight is 393 g/mol. The van der Waals surface area contributed by atoms with E-state index in [1.165, 1.54) is 4.90 Å². The minimum Gasteiger partial charge on any atom is -0.370 e. The van der Waals surface area contributed by atoms with Crippen molar-refractivity contribution in [1.29, 1.82) is 0 Å². The molecule has 2 N–H and O–H groups in total. The molecule has 1 aliphatic rings. The summed E-state index contributed by atoms with van der Waals surface area (Å²) < 4.78 is 6.93. The number of hydrogen-bond donors (Lipinski definition) is 2. The van der Waals surface area contributed by atoms with Crippen molar-refractivity contribution in [3.8, 4) is 0 Å². The summed E-state index contributed by atoms with van der Waals surface area (Å²) in [5.41, 5.74) is 1.39. The number of pyridine rings is 2. The molecule has 4 rings (SSSR count). The van der Waals surface area contributed by atoms with Crippen LogP contribution in [0.15, 0.2) is 59.5 Å². The lowest BCUT2D eigenvalue weighted by molar-refractivity contribution is -0.906. The van der Waals surface area contributed by atoms with Crippen LogP contribution in [0.4, 0.5) is 0 Å². The summed E-state index contributed by atoms with van der Waals surface area (Å²) in [7, 11) is 0. The number of rotatable bonds is 6. The highest BCUT2D eigenvalue weighted by atomic mass is 16.5. The Morgan fingerprint density at radius 2 is 1.93 bits per heavy atom. The van der Waals surface area contributed by atoms with Crippen LogP contribution in [0.1, 0.15) is 15.9 Å². The summed E-state index contributed by atoms with van der Waals surface area (Å²) in [5.74, 6) is -0.338. The number of benzene rings is 1. The van der Waals surface area contributed by atoms with Gasteiger partial charge in [0.25, 0.3) is 11.5 Å². The number of quaternary nitrogens is 1. The predicted molar refractivity (Wildman–Crippen MR) is 110 cm³/mol. The number of amides is 1. The van der Waals surface area contributed by atoms with Crippen molar-refractivity contribution < 1.29 is 14.4 Å². The largest absolute Gasteiger partial charge is 0.370 e. The Kier molecular flexibility index (Phi) is 5.97. The van der Waals surface area contributed by atoms with Gasteiger partial charge in [0, 0.05) is 11.6 Å². The summed E-state index contributed by atoms with van der Waals surface area (Å²) in [6, 6.07) is 15.0. The van der Waals surface area contributed by atoms with Crippen molar-refractivity contribution >= 4 is 16.9 Å². The molecule has 29 heavy (non-hydrogen) atoms. The van der Waals surface area contributed by atoms with Gasteiger partial charge in [-0.05, 0) is 23.8 Å². The third-order valence-electron chi connectivity index (χ3n) is 5.24. The second-order valence-corrected chi connectivity index (χ2v) is 7.22. The first-order valence-corrected chi connectivity index (χ1v) is 9.94. The fraction of sp³-hybridized carbons (Fsp3) is 0.318. The molecule has 0 spiro atoms. The standard InChI is InChI=1S/C22H24N4O3/c27-21(24-9-10-25-11-13-29-14-12-25)19-15-18-7-4-8-23-20(18)26(22(19)28)16-17-5-2-1-3-6-17/h1-8,15H,9-14,16H2,(H,24,27)/p+1. The van der Waals surface area contributed by atoms with Gasteiger partial charge in [-0.1, -0.05) is 30.3 Å². The molecular weight excluding hydrogens is 368 g/mol. The number of ether oxygens (including phenoxy) is 1. The van der Waals surface area contributed by atoms with Crippen molar-refractivity contribution in [3.63, 3.8) is 0 Å². The first kappa shape index (κ1) is 19.3. The van der Waals surface area contributed by atoms with Gasteiger partial charge < -0.3 is 15.0 Å². The van der Waals surface area contributed by atoms with E-state index < -0.39 is 0 Å². The molecule has 3 heterocycles. The number of nitrogens with one attached hydrogen (secondary N) is 2. The zero-order valence-electron chi connectivity index (χ0n) is 16.3. The van der Waals surface area contributed by atoms with E-state index in [9.17, 15) is 9.59 Å². The minimum atomic E-state index is -0.338. The first-order valence-electron chi connectivity index (χ1n) is 9.94. The van der Waals surface area contributed by atoms with E-state index in [0.717, 1.165) is 43.8 Å². The Hall–Kier alpha value is -3.03. The van der Waals surface area contributed by atoms with E-state index in [1.807, 2.05) is 42.5 Å². The molecule has 1 amide bonds. The highest BCUT2D eigenvalue weighted by Gasteiger charge is 2.18. The lowest BCUT2D eigenvalue weighted by atomic mass is 10.1. The predicted octanol–water partition coefficient (Wildman–Crippen LogP) is 0.0897. The van der Waals surface area contributed by atoms with Crippen LogP contribution in [0.25, 0.3) is 11.0 Å². The molecule has 0 aliphatic carbocycles. The van der Waals surface area contributed by atoms with Gasteiger partial charge in [0.05, 0.1) is 32.8 Å². The minimum absolute atomic E-state index is 0.151. The lowest BCUT2D eigenvalue weighted by Crippen LogP contribution is -3.14. The SMILES string of the molecule is O=C(NCC[NH+]1CCOCC1)c1cc2cccnc2n(Cc2ccccc2)c1=O. The summed E-state index contributed by atoms with van der Waals surface area (Å²) in [5, 5.41) is 3.68. The number of carbonyl (C=O) groups excluding carboxylic acids is 1. The Morgan fingerprint density at radius 1 is 1.14 bits per heavy atom. The van der Waals surface area contributed by atoms with E-state index in [-0.39, 0.29) is 17.0 Å². The highest BCUT2D eigenvalue weighted by Crippen LogP contribution is 2.13. The van der Waals surface area contributed by atoms with Crippen LogP contribution in [-0.4, -0.2) is 54.9 Å². The Morgan fingerprint density at radius 3 is 2.72 bits per heavy atom. The molecule has 150 valence electrons. The Balaban J connectivity index is 1.58. The molecule has 3 aromatic rings. The second kappa shape index (κ2) is 8.98. The fourth-order valence-corrected chi connectivity index (χ4v) is 3.64. The molecule has 0 radical (unpaired) electrons.